The second-order valence-electron chi connectivity index (χ2n) is 7.06. The summed E-state index contributed by atoms with van der Waals surface area (Å²) in [7, 11) is 0. The van der Waals surface area contributed by atoms with Gasteiger partial charge in [0.15, 0.2) is 0 Å². The number of nitrogens with one attached hydrogen (secondary N) is 2. The van der Waals surface area contributed by atoms with Crippen molar-refractivity contribution < 1.29 is 23.1 Å². The number of hydrogen-bond donors (Lipinski definition) is 3. The highest BCUT2D eigenvalue weighted by molar-refractivity contribution is 5.88. The molecule has 0 spiro atoms. The molecule has 2 aliphatic rings. The van der Waals surface area contributed by atoms with Gasteiger partial charge in [-0.05, 0) is 24.5 Å². The Morgan fingerprint density at radius 1 is 1.28 bits per heavy atom. The minimum absolute atomic E-state index is 0.0658. The predicted octanol–water partition coefficient (Wildman–Crippen LogP) is 2.21. The number of aliphatic hydroxyl groups is 1. The monoisotopic (exact) mass is 356 g/mol. The third-order valence-corrected chi connectivity index (χ3v) is 5.46. The molecule has 138 valence electrons. The molecule has 2 atom stereocenters. The van der Waals surface area contributed by atoms with E-state index in [-0.39, 0.29) is 11.8 Å². The molecule has 0 radical (unpaired) electrons. The van der Waals surface area contributed by atoms with Gasteiger partial charge in [0.1, 0.15) is 0 Å². The maximum absolute atomic E-state index is 13.0. The zero-order valence-electron chi connectivity index (χ0n) is 13.9. The summed E-state index contributed by atoms with van der Waals surface area (Å²) in [4.78, 5) is 12.9. The number of amides is 1. The lowest BCUT2D eigenvalue weighted by Crippen LogP contribution is -2.45. The van der Waals surface area contributed by atoms with E-state index in [0.717, 1.165) is 25.0 Å². The predicted molar refractivity (Wildman–Crippen MR) is 87.0 cm³/mol. The third kappa shape index (κ3) is 3.67. The Morgan fingerprint density at radius 2 is 2.00 bits per heavy atom. The van der Waals surface area contributed by atoms with Gasteiger partial charge in [-0.2, -0.15) is 13.2 Å². The van der Waals surface area contributed by atoms with E-state index in [2.05, 4.69) is 10.6 Å². The zero-order valence-corrected chi connectivity index (χ0v) is 13.9. The summed E-state index contributed by atoms with van der Waals surface area (Å²) in [6.45, 7) is 1.45. The molecule has 3 N–H and O–H groups in total. The number of carbonyl (C=O) groups is 1. The van der Waals surface area contributed by atoms with Gasteiger partial charge in [0.2, 0.25) is 5.91 Å². The molecule has 1 saturated carbocycles. The summed E-state index contributed by atoms with van der Waals surface area (Å²) in [5.41, 5.74) is -1.19. The Morgan fingerprint density at radius 3 is 2.60 bits per heavy atom. The molecule has 1 aromatic carbocycles. The maximum atomic E-state index is 13.0. The van der Waals surface area contributed by atoms with E-state index in [9.17, 15) is 23.1 Å². The molecule has 2 fully saturated rings. The molecule has 25 heavy (non-hydrogen) atoms. The van der Waals surface area contributed by atoms with Crippen molar-refractivity contribution in [3.8, 4) is 0 Å². The maximum Gasteiger partial charge on any atom is 0.416 e. The molecule has 4 nitrogen and oxygen atoms in total. The molecular weight excluding hydrogens is 333 g/mol. The van der Waals surface area contributed by atoms with E-state index >= 15 is 0 Å². The van der Waals surface area contributed by atoms with E-state index in [4.69, 9.17) is 0 Å². The van der Waals surface area contributed by atoms with Gasteiger partial charge >= 0.3 is 6.18 Å². The van der Waals surface area contributed by atoms with Crippen LogP contribution in [0.2, 0.25) is 0 Å². The van der Waals surface area contributed by atoms with Gasteiger partial charge in [-0.3, -0.25) is 4.79 Å². The fraction of sp³-hybridized carbons (Fsp3) is 0.611. The van der Waals surface area contributed by atoms with Crippen LogP contribution < -0.4 is 10.6 Å². The van der Waals surface area contributed by atoms with Crippen LogP contribution in [-0.2, 0) is 16.4 Å². The first-order valence-electron chi connectivity index (χ1n) is 8.68. The molecule has 1 heterocycles. The Labute approximate surface area is 144 Å². The van der Waals surface area contributed by atoms with Crippen LogP contribution in [0.15, 0.2) is 24.3 Å². The van der Waals surface area contributed by atoms with Crippen LogP contribution in [0.3, 0.4) is 0 Å². The highest BCUT2D eigenvalue weighted by Gasteiger charge is 2.44. The third-order valence-electron chi connectivity index (χ3n) is 5.46. The number of rotatable bonds is 4. The van der Waals surface area contributed by atoms with Crippen LogP contribution in [0.4, 0.5) is 13.2 Å². The van der Waals surface area contributed by atoms with Gasteiger partial charge in [0.05, 0.1) is 17.1 Å². The first kappa shape index (κ1) is 18.2. The van der Waals surface area contributed by atoms with Crippen molar-refractivity contribution >= 4 is 5.91 Å². The van der Waals surface area contributed by atoms with Crippen molar-refractivity contribution in [2.24, 2.45) is 5.92 Å². The number of benzene rings is 1. The summed E-state index contributed by atoms with van der Waals surface area (Å²) in [5, 5.41) is 15.8. The molecule has 1 aliphatic carbocycles. The van der Waals surface area contributed by atoms with Crippen LogP contribution in [0.5, 0.6) is 0 Å². The number of hydrogen-bond acceptors (Lipinski definition) is 3. The van der Waals surface area contributed by atoms with Gasteiger partial charge in [0, 0.05) is 25.6 Å². The number of alkyl halides is 3. The van der Waals surface area contributed by atoms with E-state index in [1.165, 1.54) is 6.07 Å². The fourth-order valence-electron chi connectivity index (χ4n) is 3.94. The average Bonchev–Trinajstić information content (AvgIpc) is 3.22. The topological polar surface area (TPSA) is 61.4 Å². The molecule has 0 aromatic heterocycles. The molecule has 2 unspecified atom stereocenters. The molecule has 0 bridgehead atoms. The smallest absolute Gasteiger partial charge is 0.391 e. The molecule has 1 aliphatic heterocycles. The van der Waals surface area contributed by atoms with Crippen LogP contribution in [0.1, 0.15) is 36.8 Å². The van der Waals surface area contributed by atoms with Gasteiger partial charge in [-0.25, -0.2) is 0 Å². The molecule has 7 heteroatoms. The van der Waals surface area contributed by atoms with Crippen LogP contribution in [-0.4, -0.2) is 36.8 Å². The standard InChI is InChI=1S/C18H23F3N2O2/c19-18(20,21)14-5-3-4-13(8-14)17(6-1-2-7-17)16(25)23-10-12-9-22-11-15(12)24/h3-5,8,12,15,22,24H,1-2,6-7,9-11H2,(H,23,25). The Bertz CT molecular complexity index is 627. The quantitative estimate of drug-likeness (QED) is 0.775. The molecule has 1 amide bonds. The zero-order chi connectivity index (χ0) is 18.1. The number of β-amino-alcohol motifs (C(OH)–C–C–N with tert-alkyl or cyclic N) is 1. The largest absolute Gasteiger partial charge is 0.416 e. The minimum Gasteiger partial charge on any atom is -0.391 e. The molecular formula is C18H23F3N2O2. The van der Waals surface area contributed by atoms with Crippen molar-refractivity contribution in [2.75, 3.05) is 19.6 Å². The second kappa shape index (κ2) is 6.96. The molecule has 3 rings (SSSR count). The fourth-order valence-corrected chi connectivity index (χ4v) is 3.94. The normalized spacial score (nSPS) is 25.9. The van der Waals surface area contributed by atoms with Crippen molar-refractivity contribution in [2.45, 2.75) is 43.4 Å². The lowest BCUT2D eigenvalue weighted by Gasteiger charge is -2.30. The molecule has 1 saturated heterocycles. The van der Waals surface area contributed by atoms with Crippen molar-refractivity contribution in [3.63, 3.8) is 0 Å². The lowest BCUT2D eigenvalue weighted by molar-refractivity contribution is -0.138. The van der Waals surface area contributed by atoms with Crippen molar-refractivity contribution in [1.82, 2.24) is 10.6 Å². The van der Waals surface area contributed by atoms with Crippen LogP contribution in [0, 0.1) is 5.92 Å². The minimum atomic E-state index is -4.42. The summed E-state index contributed by atoms with van der Waals surface area (Å²) < 4.78 is 39.1. The van der Waals surface area contributed by atoms with Gasteiger partial charge in [-0.1, -0.05) is 31.0 Å². The van der Waals surface area contributed by atoms with E-state index in [1.54, 1.807) is 6.07 Å². The first-order chi connectivity index (χ1) is 11.8. The highest BCUT2D eigenvalue weighted by atomic mass is 19.4. The molecule has 1 aromatic rings. The number of carbonyl (C=O) groups excluding carboxylic acids is 1. The highest BCUT2D eigenvalue weighted by Crippen LogP contribution is 2.43. The summed E-state index contributed by atoms with van der Waals surface area (Å²) in [6, 6.07) is 5.13. The Balaban J connectivity index is 1.80. The van der Waals surface area contributed by atoms with E-state index < -0.39 is 23.3 Å². The van der Waals surface area contributed by atoms with Gasteiger partial charge in [-0.15, -0.1) is 0 Å². The first-order valence-corrected chi connectivity index (χ1v) is 8.68. The summed E-state index contributed by atoms with van der Waals surface area (Å²) >= 11 is 0. The SMILES string of the molecule is O=C(NCC1CNCC1O)C1(c2cccc(C(F)(F)F)c2)CCCC1. The number of aliphatic hydroxyl groups excluding tert-OH is 1. The summed E-state index contributed by atoms with van der Waals surface area (Å²) in [5.74, 6) is -0.299. The lowest BCUT2D eigenvalue weighted by atomic mass is 9.77. The van der Waals surface area contributed by atoms with E-state index in [1.807, 2.05) is 0 Å². The van der Waals surface area contributed by atoms with Crippen LogP contribution in [0.25, 0.3) is 0 Å². The van der Waals surface area contributed by atoms with Crippen LogP contribution >= 0.6 is 0 Å². The Kier molecular flexibility index (Phi) is 5.06. The summed E-state index contributed by atoms with van der Waals surface area (Å²) in [6.07, 6.45) is -2.20. The average molecular weight is 356 g/mol. The second-order valence-corrected chi connectivity index (χ2v) is 7.06. The van der Waals surface area contributed by atoms with Gasteiger partial charge in [0.25, 0.3) is 0 Å². The Hall–Kier alpha value is -1.60. The van der Waals surface area contributed by atoms with Gasteiger partial charge < -0.3 is 15.7 Å². The van der Waals surface area contributed by atoms with Crippen molar-refractivity contribution in [1.29, 1.82) is 0 Å². The van der Waals surface area contributed by atoms with E-state index in [0.29, 0.717) is 38.0 Å². The van der Waals surface area contributed by atoms with Crippen molar-refractivity contribution in [3.05, 3.63) is 35.4 Å². The number of halogens is 3.